The van der Waals surface area contributed by atoms with Gasteiger partial charge in [0.2, 0.25) is 0 Å². The zero-order valence-electron chi connectivity index (χ0n) is 10.5. The first-order valence-corrected chi connectivity index (χ1v) is 7.80. The lowest BCUT2D eigenvalue weighted by Crippen LogP contribution is -2.43. The van der Waals surface area contributed by atoms with Crippen molar-refractivity contribution in [3.63, 3.8) is 0 Å². The molecule has 18 heavy (non-hydrogen) atoms. The molecule has 6 heteroatoms. The highest BCUT2D eigenvalue weighted by Gasteiger charge is 2.23. The summed E-state index contributed by atoms with van der Waals surface area (Å²) in [6.07, 6.45) is 1.15. The summed E-state index contributed by atoms with van der Waals surface area (Å²) >= 11 is 5.78. The third-order valence-corrected chi connectivity index (χ3v) is 4.82. The number of hydrogen-bond donors (Lipinski definition) is 1. The minimum atomic E-state index is -3.18. The van der Waals surface area contributed by atoms with Crippen LogP contribution in [0.15, 0.2) is 24.3 Å². The number of benzene rings is 1. The molecule has 0 aliphatic carbocycles. The van der Waals surface area contributed by atoms with E-state index in [0.29, 0.717) is 10.6 Å². The van der Waals surface area contributed by atoms with Crippen LogP contribution in [-0.4, -0.2) is 31.9 Å². The fraction of sp³-hybridized carbons (Fsp3) is 0.417. The van der Waals surface area contributed by atoms with Crippen molar-refractivity contribution < 1.29 is 13.2 Å². The van der Waals surface area contributed by atoms with Gasteiger partial charge in [0.05, 0.1) is 5.25 Å². The van der Waals surface area contributed by atoms with Gasteiger partial charge >= 0.3 is 0 Å². The molecule has 1 unspecified atom stereocenters. The molecule has 1 aromatic rings. The van der Waals surface area contributed by atoms with Crippen molar-refractivity contribution in [2.24, 2.45) is 0 Å². The van der Waals surface area contributed by atoms with Gasteiger partial charge < -0.3 is 5.32 Å². The molecule has 2 atom stereocenters. The molecular weight excluding hydrogens is 274 g/mol. The van der Waals surface area contributed by atoms with E-state index in [1.54, 1.807) is 32.0 Å². The standard InChI is InChI=1S/C12H16ClNO3S/c1-8(9(2)18(3,16)17)14-12(15)10-5-4-6-11(13)7-10/h4-9H,1-3H3,(H,14,15)/t8-,9?/m1/s1. The predicted molar refractivity (Wildman–Crippen MR) is 72.7 cm³/mol. The van der Waals surface area contributed by atoms with Crippen LogP contribution in [0.5, 0.6) is 0 Å². The van der Waals surface area contributed by atoms with Crippen LogP contribution >= 0.6 is 11.6 Å². The molecule has 1 N–H and O–H groups in total. The second-order valence-electron chi connectivity index (χ2n) is 4.31. The topological polar surface area (TPSA) is 63.2 Å². The van der Waals surface area contributed by atoms with Crippen LogP contribution in [0.4, 0.5) is 0 Å². The van der Waals surface area contributed by atoms with Crippen molar-refractivity contribution in [2.75, 3.05) is 6.26 Å². The third kappa shape index (κ3) is 3.99. The first-order valence-electron chi connectivity index (χ1n) is 5.47. The van der Waals surface area contributed by atoms with E-state index >= 15 is 0 Å². The van der Waals surface area contributed by atoms with Crippen LogP contribution < -0.4 is 5.32 Å². The van der Waals surface area contributed by atoms with Crippen LogP contribution in [0, 0.1) is 0 Å². The molecule has 0 heterocycles. The third-order valence-electron chi connectivity index (χ3n) is 2.83. The molecule has 0 saturated carbocycles. The normalized spacial score (nSPS) is 14.9. The Labute approximate surface area is 112 Å². The Balaban J connectivity index is 2.77. The van der Waals surface area contributed by atoms with Crippen molar-refractivity contribution in [1.29, 1.82) is 0 Å². The summed E-state index contributed by atoms with van der Waals surface area (Å²) in [5, 5.41) is 2.48. The predicted octanol–water partition coefficient (Wildman–Crippen LogP) is 1.89. The molecule has 0 bridgehead atoms. The number of carbonyl (C=O) groups excluding carboxylic acids is 1. The van der Waals surface area contributed by atoms with Gasteiger partial charge in [-0.2, -0.15) is 0 Å². The van der Waals surface area contributed by atoms with Crippen LogP contribution in [0.25, 0.3) is 0 Å². The summed E-state index contributed by atoms with van der Waals surface area (Å²) < 4.78 is 22.7. The van der Waals surface area contributed by atoms with E-state index < -0.39 is 21.1 Å². The van der Waals surface area contributed by atoms with Gasteiger partial charge in [0.25, 0.3) is 5.91 Å². The molecule has 0 saturated heterocycles. The molecule has 0 fully saturated rings. The lowest BCUT2D eigenvalue weighted by atomic mass is 10.2. The van der Waals surface area contributed by atoms with Gasteiger partial charge in [-0.15, -0.1) is 0 Å². The van der Waals surface area contributed by atoms with E-state index in [0.717, 1.165) is 6.26 Å². The highest BCUT2D eigenvalue weighted by atomic mass is 35.5. The fourth-order valence-corrected chi connectivity index (χ4v) is 2.41. The number of sulfone groups is 1. The smallest absolute Gasteiger partial charge is 0.251 e. The van der Waals surface area contributed by atoms with E-state index in [1.807, 2.05) is 0 Å². The summed E-state index contributed by atoms with van der Waals surface area (Å²) in [4.78, 5) is 11.9. The molecule has 1 amide bonds. The largest absolute Gasteiger partial charge is 0.348 e. The number of hydrogen-bond acceptors (Lipinski definition) is 3. The zero-order chi connectivity index (χ0) is 13.9. The highest BCUT2D eigenvalue weighted by Crippen LogP contribution is 2.11. The van der Waals surface area contributed by atoms with Gasteiger partial charge in [0.15, 0.2) is 9.84 Å². The van der Waals surface area contributed by atoms with Crippen LogP contribution in [0.3, 0.4) is 0 Å². The van der Waals surface area contributed by atoms with Crippen molar-refractivity contribution in [2.45, 2.75) is 25.1 Å². The molecule has 0 aliphatic heterocycles. The minimum absolute atomic E-state index is 0.333. The molecule has 0 radical (unpaired) electrons. The van der Waals surface area contributed by atoms with E-state index in [-0.39, 0.29) is 5.91 Å². The maximum absolute atomic E-state index is 11.9. The van der Waals surface area contributed by atoms with Crippen molar-refractivity contribution in [3.05, 3.63) is 34.9 Å². The van der Waals surface area contributed by atoms with E-state index in [9.17, 15) is 13.2 Å². The SMILES string of the molecule is CC([C@@H](C)NC(=O)c1cccc(Cl)c1)S(C)(=O)=O. The summed E-state index contributed by atoms with van der Waals surface area (Å²) in [7, 11) is -3.18. The molecule has 1 aromatic carbocycles. The average Bonchev–Trinajstić information content (AvgIpc) is 2.26. The molecule has 1 rings (SSSR count). The number of rotatable bonds is 4. The number of nitrogens with one attached hydrogen (secondary N) is 1. The molecule has 0 aliphatic rings. The Kier molecular flexibility index (Phi) is 4.76. The minimum Gasteiger partial charge on any atom is -0.348 e. The van der Waals surface area contributed by atoms with E-state index in [4.69, 9.17) is 11.6 Å². The summed E-state index contributed by atoms with van der Waals surface area (Å²) in [5.74, 6) is -0.333. The zero-order valence-corrected chi connectivity index (χ0v) is 12.0. The monoisotopic (exact) mass is 289 g/mol. The maximum Gasteiger partial charge on any atom is 0.251 e. The Bertz CT molecular complexity index is 542. The Hall–Kier alpha value is -1.07. The van der Waals surface area contributed by atoms with Crippen molar-refractivity contribution in [1.82, 2.24) is 5.32 Å². The summed E-state index contributed by atoms with van der Waals surface area (Å²) in [6.45, 7) is 3.23. The second kappa shape index (κ2) is 5.71. The summed E-state index contributed by atoms with van der Waals surface area (Å²) in [5.41, 5.74) is 0.412. The van der Waals surface area contributed by atoms with Gasteiger partial charge in [-0.25, -0.2) is 8.42 Å². The van der Waals surface area contributed by atoms with Gasteiger partial charge in [-0.1, -0.05) is 17.7 Å². The molecular formula is C12H16ClNO3S. The molecule has 0 spiro atoms. The Morgan fingerprint density at radius 1 is 1.33 bits per heavy atom. The number of halogens is 1. The maximum atomic E-state index is 11.9. The highest BCUT2D eigenvalue weighted by molar-refractivity contribution is 7.91. The van der Waals surface area contributed by atoms with Gasteiger partial charge in [0, 0.05) is 22.9 Å². The Morgan fingerprint density at radius 3 is 2.44 bits per heavy atom. The molecule has 0 aromatic heterocycles. The van der Waals surface area contributed by atoms with Crippen molar-refractivity contribution in [3.8, 4) is 0 Å². The summed E-state index contributed by atoms with van der Waals surface area (Å²) in [6, 6.07) is 6.03. The first kappa shape index (κ1) is 15.0. The first-order chi connectivity index (χ1) is 8.21. The quantitative estimate of drug-likeness (QED) is 0.921. The number of carbonyl (C=O) groups is 1. The lowest BCUT2D eigenvalue weighted by molar-refractivity contribution is 0.0940. The van der Waals surface area contributed by atoms with E-state index in [2.05, 4.69) is 5.32 Å². The van der Waals surface area contributed by atoms with Crippen LogP contribution in [-0.2, 0) is 9.84 Å². The van der Waals surface area contributed by atoms with Crippen LogP contribution in [0.1, 0.15) is 24.2 Å². The number of amides is 1. The molecule has 100 valence electrons. The molecule has 4 nitrogen and oxygen atoms in total. The van der Waals surface area contributed by atoms with Crippen LogP contribution in [0.2, 0.25) is 5.02 Å². The van der Waals surface area contributed by atoms with Gasteiger partial charge in [-0.3, -0.25) is 4.79 Å². The fourth-order valence-electron chi connectivity index (χ4n) is 1.41. The van der Waals surface area contributed by atoms with Gasteiger partial charge in [-0.05, 0) is 32.0 Å². The Morgan fingerprint density at radius 2 is 1.94 bits per heavy atom. The lowest BCUT2D eigenvalue weighted by Gasteiger charge is -2.19. The van der Waals surface area contributed by atoms with E-state index in [1.165, 1.54) is 6.07 Å². The van der Waals surface area contributed by atoms with Crippen molar-refractivity contribution >= 4 is 27.3 Å². The second-order valence-corrected chi connectivity index (χ2v) is 7.15. The van der Waals surface area contributed by atoms with Gasteiger partial charge in [0.1, 0.15) is 0 Å². The average molecular weight is 290 g/mol.